The van der Waals surface area contributed by atoms with Gasteiger partial charge in [-0.2, -0.15) is 0 Å². The van der Waals surface area contributed by atoms with Crippen molar-refractivity contribution in [2.24, 2.45) is 0 Å². The minimum atomic E-state index is -0.257. The summed E-state index contributed by atoms with van der Waals surface area (Å²) in [6.07, 6.45) is 0. The third-order valence-electron chi connectivity index (χ3n) is 2.95. The molecule has 19 heavy (non-hydrogen) atoms. The highest BCUT2D eigenvalue weighted by atomic mass is 35.5. The molecule has 96 valence electrons. The fourth-order valence-electron chi connectivity index (χ4n) is 2.05. The molecule has 5 heteroatoms. The molecule has 0 bridgehead atoms. The van der Waals surface area contributed by atoms with Gasteiger partial charge in [-0.25, -0.2) is 4.98 Å². The van der Waals surface area contributed by atoms with Crippen molar-refractivity contribution in [1.82, 2.24) is 10.3 Å². The van der Waals surface area contributed by atoms with Crippen LogP contribution in [0.5, 0.6) is 5.75 Å². The summed E-state index contributed by atoms with van der Waals surface area (Å²) in [6.45, 7) is 0.436. The third kappa shape index (κ3) is 2.39. The second kappa shape index (κ2) is 4.90. The van der Waals surface area contributed by atoms with E-state index in [1.807, 2.05) is 24.3 Å². The van der Waals surface area contributed by atoms with Gasteiger partial charge in [0.1, 0.15) is 23.2 Å². The zero-order valence-electron chi connectivity index (χ0n) is 9.97. The molecular formula is C14H11ClN2O2. The molecule has 1 atom stereocenters. The van der Waals surface area contributed by atoms with Crippen molar-refractivity contribution in [2.75, 3.05) is 6.61 Å². The smallest absolute Gasteiger partial charge is 0.270 e. The van der Waals surface area contributed by atoms with Crippen LogP contribution in [0.2, 0.25) is 5.15 Å². The number of ether oxygens (including phenoxy) is 1. The zero-order valence-corrected chi connectivity index (χ0v) is 10.7. The minimum Gasteiger partial charge on any atom is -0.491 e. The fraction of sp³-hybridized carbons (Fsp3) is 0.143. The van der Waals surface area contributed by atoms with Crippen LogP contribution in [0.25, 0.3) is 0 Å². The van der Waals surface area contributed by atoms with E-state index in [0.717, 1.165) is 11.3 Å². The van der Waals surface area contributed by atoms with Gasteiger partial charge in [0.05, 0.1) is 6.04 Å². The Kier molecular flexibility index (Phi) is 3.09. The van der Waals surface area contributed by atoms with Crippen molar-refractivity contribution in [3.8, 4) is 5.75 Å². The van der Waals surface area contributed by atoms with E-state index in [2.05, 4.69) is 10.3 Å². The van der Waals surface area contributed by atoms with E-state index >= 15 is 0 Å². The molecule has 0 aliphatic carbocycles. The summed E-state index contributed by atoms with van der Waals surface area (Å²) in [5.74, 6) is 0.555. The Morgan fingerprint density at radius 3 is 2.95 bits per heavy atom. The van der Waals surface area contributed by atoms with Gasteiger partial charge in [-0.15, -0.1) is 0 Å². The number of carbonyl (C=O) groups is 1. The molecule has 2 heterocycles. The van der Waals surface area contributed by atoms with Crippen molar-refractivity contribution in [1.29, 1.82) is 0 Å². The molecule has 1 N–H and O–H groups in total. The Morgan fingerprint density at radius 2 is 2.11 bits per heavy atom. The maximum absolute atomic E-state index is 12.1. The number of nitrogens with one attached hydrogen (secondary N) is 1. The predicted molar refractivity (Wildman–Crippen MR) is 71.4 cm³/mol. The average molecular weight is 275 g/mol. The van der Waals surface area contributed by atoms with Gasteiger partial charge < -0.3 is 10.1 Å². The van der Waals surface area contributed by atoms with E-state index in [0.29, 0.717) is 17.5 Å². The van der Waals surface area contributed by atoms with Crippen molar-refractivity contribution in [2.45, 2.75) is 6.04 Å². The Morgan fingerprint density at radius 1 is 1.26 bits per heavy atom. The van der Waals surface area contributed by atoms with E-state index in [-0.39, 0.29) is 11.9 Å². The number of para-hydroxylation sites is 1. The second-order valence-electron chi connectivity index (χ2n) is 4.22. The van der Waals surface area contributed by atoms with E-state index in [9.17, 15) is 4.79 Å². The van der Waals surface area contributed by atoms with Gasteiger partial charge in [0.25, 0.3) is 5.91 Å². The standard InChI is InChI=1S/C14H11ClN2O2/c15-13-7-3-5-10(16-13)14(18)17-11-8-19-12-6-2-1-4-9(11)12/h1-7,11H,8H2,(H,17,18). The number of benzene rings is 1. The largest absolute Gasteiger partial charge is 0.491 e. The number of aromatic nitrogens is 1. The molecule has 0 fully saturated rings. The number of hydrogen-bond donors (Lipinski definition) is 1. The first kappa shape index (κ1) is 12.0. The summed E-state index contributed by atoms with van der Waals surface area (Å²) in [7, 11) is 0. The summed E-state index contributed by atoms with van der Waals surface area (Å²) >= 11 is 5.77. The maximum Gasteiger partial charge on any atom is 0.270 e. The Bertz CT molecular complexity index is 630. The molecule has 1 aromatic carbocycles. The van der Waals surface area contributed by atoms with Crippen LogP contribution in [0.1, 0.15) is 22.1 Å². The Balaban J connectivity index is 1.78. The zero-order chi connectivity index (χ0) is 13.2. The lowest BCUT2D eigenvalue weighted by Gasteiger charge is -2.11. The van der Waals surface area contributed by atoms with Crippen molar-refractivity contribution < 1.29 is 9.53 Å². The molecule has 1 aromatic heterocycles. The number of nitrogens with zero attached hydrogens (tertiary/aromatic N) is 1. The molecule has 1 aliphatic heterocycles. The van der Waals surface area contributed by atoms with Gasteiger partial charge in [0.15, 0.2) is 0 Å². The van der Waals surface area contributed by atoms with Crippen LogP contribution in [0, 0.1) is 0 Å². The molecular weight excluding hydrogens is 264 g/mol. The average Bonchev–Trinajstić information content (AvgIpc) is 2.82. The molecule has 2 aromatic rings. The van der Waals surface area contributed by atoms with Gasteiger partial charge in [-0.1, -0.05) is 35.9 Å². The van der Waals surface area contributed by atoms with Gasteiger partial charge in [0.2, 0.25) is 0 Å². The first-order valence-corrected chi connectivity index (χ1v) is 6.27. The monoisotopic (exact) mass is 274 g/mol. The molecule has 0 saturated carbocycles. The molecule has 3 rings (SSSR count). The van der Waals surface area contributed by atoms with Crippen LogP contribution in [-0.2, 0) is 0 Å². The van der Waals surface area contributed by atoms with E-state index in [4.69, 9.17) is 16.3 Å². The van der Waals surface area contributed by atoms with Gasteiger partial charge >= 0.3 is 0 Å². The number of carbonyl (C=O) groups excluding carboxylic acids is 1. The predicted octanol–water partition coefficient (Wildman–Crippen LogP) is 2.60. The highest BCUT2D eigenvalue weighted by Gasteiger charge is 2.25. The first-order chi connectivity index (χ1) is 9.24. The van der Waals surface area contributed by atoms with Crippen molar-refractivity contribution in [3.05, 3.63) is 58.9 Å². The summed E-state index contributed by atoms with van der Waals surface area (Å²) in [5.41, 5.74) is 1.29. The quantitative estimate of drug-likeness (QED) is 0.857. The highest BCUT2D eigenvalue weighted by molar-refractivity contribution is 6.29. The maximum atomic E-state index is 12.1. The van der Waals surface area contributed by atoms with Gasteiger partial charge in [-0.05, 0) is 18.2 Å². The topological polar surface area (TPSA) is 51.2 Å². The molecule has 0 saturated heterocycles. The lowest BCUT2D eigenvalue weighted by molar-refractivity contribution is 0.0925. The van der Waals surface area contributed by atoms with Crippen LogP contribution >= 0.6 is 11.6 Å². The van der Waals surface area contributed by atoms with Crippen LogP contribution in [0.3, 0.4) is 0 Å². The number of halogens is 1. The van der Waals surface area contributed by atoms with Crippen LogP contribution in [-0.4, -0.2) is 17.5 Å². The summed E-state index contributed by atoms with van der Waals surface area (Å²) in [5, 5.41) is 3.20. The van der Waals surface area contributed by atoms with Crippen LogP contribution in [0.4, 0.5) is 0 Å². The number of rotatable bonds is 2. The highest BCUT2D eigenvalue weighted by Crippen LogP contribution is 2.31. The second-order valence-corrected chi connectivity index (χ2v) is 4.61. The first-order valence-electron chi connectivity index (χ1n) is 5.89. The third-order valence-corrected chi connectivity index (χ3v) is 3.16. The van der Waals surface area contributed by atoms with Crippen LogP contribution < -0.4 is 10.1 Å². The summed E-state index contributed by atoms with van der Waals surface area (Å²) < 4.78 is 5.51. The summed E-state index contributed by atoms with van der Waals surface area (Å²) in [4.78, 5) is 16.1. The number of pyridine rings is 1. The Labute approximate surface area is 115 Å². The molecule has 1 unspecified atom stereocenters. The molecule has 0 radical (unpaired) electrons. The van der Waals surface area contributed by atoms with Gasteiger partial charge in [0, 0.05) is 5.56 Å². The molecule has 1 amide bonds. The number of amides is 1. The van der Waals surface area contributed by atoms with Crippen LogP contribution in [0.15, 0.2) is 42.5 Å². The van der Waals surface area contributed by atoms with E-state index < -0.39 is 0 Å². The van der Waals surface area contributed by atoms with Crippen molar-refractivity contribution in [3.63, 3.8) is 0 Å². The van der Waals surface area contributed by atoms with Crippen molar-refractivity contribution >= 4 is 17.5 Å². The minimum absolute atomic E-state index is 0.149. The molecule has 1 aliphatic rings. The molecule has 0 spiro atoms. The summed E-state index contributed by atoms with van der Waals surface area (Å²) in [6, 6.07) is 12.5. The lowest BCUT2D eigenvalue weighted by Crippen LogP contribution is -2.30. The lowest BCUT2D eigenvalue weighted by atomic mass is 10.1. The number of hydrogen-bond acceptors (Lipinski definition) is 3. The molecule has 4 nitrogen and oxygen atoms in total. The van der Waals surface area contributed by atoms with E-state index in [1.165, 1.54) is 0 Å². The normalized spacial score (nSPS) is 16.6. The van der Waals surface area contributed by atoms with Gasteiger partial charge in [-0.3, -0.25) is 4.79 Å². The van der Waals surface area contributed by atoms with E-state index in [1.54, 1.807) is 18.2 Å². The SMILES string of the molecule is O=C(NC1COc2ccccc21)c1cccc(Cl)n1. The number of fused-ring (bicyclic) bond motifs is 1. The fourth-order valence-corrected chi connectivity index (χ4v) is 2.21. The Hall–Kier alpha value is -2.07.